The van der Waals surface area contributed by atoms with Crippen LogP contribution in [0, 0.1) is 0 Å². The van der Waals surface area contributed by atoms with Crippen LogP contribution in [0.2, 0.25) is 0 Å². The number of hydrogen-bond donors (Lipinski definition) is 4. The SMILES string of the molecule is CC(c1ccc(O)cc1)N(CC(=O)O)C(=O)C=Cc1ccc(O)c(O)c1. The van der Waals surface area contributed by atoms with E-state index in [0.29, 0.717) is 11.1 Å². The molecule has 2 aromatic rings. The number of phenols is 3. The lowest BCUT2D eigenvalue weighted by atomic mass is 10.1. The van der Waals surface area contributed by atoms with Crippen LogP contribution in [0.4, 0.5) is 0 Å². The van der Waals surface area contributed by atoms with E-state index in [1.807, 2.05) is 0 Å². The normalized spacial score (nSPS) is 12.0. The summed E-state index contributed by atoms with van der Waals surface area (Å²) < 4.78 is 0. The highest BCUT2D eigenvalue weighted by molar-refractivity contribution is 5.94. The highest BCUT2D eigenvalue weighted by atomic mass is 16.4. The van der Waals surface area contributed by atoms with Crippen molar-refractivity contribution in [2.24, 2.45) is 0 Å². The van der Waals surface area contributed by atoms with Crippen LogP contribution in [0.1, 0.15) is 24.1 Å². The van der Waals surface area contributed by atoms with Gasteiger partial charge in [0, 0.05) is 6.08 Å². The third-order valence-corrected chi connectivity index (χ3v) is 3.85. The quantitative estimate of drug-likeness (QED) is 0.466. The van der Waals surface area contributed by atoms with E-state index >= 15 is 0 Å². The van der Waals surface area contributed by atoms with Gasteiger partial charge in [0.25, 0.3) is 0 Å². The Morgan fingerprint density at radius 1 is 1.04 bits per heavy atom. The Kier molecular flexibility index (Phi) is 5.85. The zero-order chi connectivity index (χ0) is 19.3. The molecule has 0 saturated heterocycles. The fourth-order valence-electron chi connectivity index (χ4n) is 2.39. The second kappa shape index (κ2) is 8.06. The molecule has 2 rings (SSSR count). The van der Waals surface area contributed by atoms with Crippen molar-refractivity contribution in [3.05, 3.63) is 59.7 Å². The number of amides is 1. The van der Waals surface area contributed by atoms with Crippen LogP contribution in [-0.2, 0) is 9.59 Å². The second-order valence-electron chi connectivity index (χ2n) is 5.71. The first-order chi connectivity index (χ1) is 12.3. The average molecular weight is 357 g/mol. The van der Waals surface area contributed by atoms with Gasteiger partial charge in [-0.2, -0.15) is 0 Å². The van der Waals surface area contributed by atoms with Crippen molar-refractivity contribution in [3.63, 3.8) is 0 Å². The van der Waals surface area contributed by atoms with E-state index in [1.165, 1.54) is 47.4 Å². The number of carbonyl (C=O) groups is 2. The monoisotopic (exact) mass is 357 g/mol. The Balaban J connectivity index is 2.22. The van der Waals surface area contributed by atoms with E-state index in [1.54, 1.807) is 19.1 Å². The predicted octanol–water partition coefficient (Wildman–Crippen LogP) is 2.49. The lowest BCUT2D eigenvalue weighted by Crippen LogP contribution is -2.36. The molecule has 7 nitrogen and oxygen atoms in total. The predicted molar refractivity (Wildman–Crippen MR) is 94.7 cm³/mol. The number of carboxylic acid groups (broad SMARTS) is 1. The number of phenolic OH excluding ortho intramolecular Hbond substituents is 3. The molecule has 0 fully saturated rings. The Morgan fingerprint density at radius 3 is 2.27 bits per heavy atom. The topological polar surface area (TPSA) is 118 Å². The number of aliphatic carboxylic acids is 1. The Labute approximate surface area is 150 Å². The summed E-state index contributed by atoms with van der Waals surface area (Å²) in [7, 11) is 0. The van der Waals surface area contributed by atoms with Crippen molar-refractivity contribution in [1.82, 2.24) is 4.90 Å². The van der Waals surface area contributed by atoms with Gasteiger partial charge in [-0.1, -0.05) is 18.2 Å². The van der Waals surface area contributed by atoms with Gasteiger partial charge in [0.15, 0.2) is 11.5 Å². The summed E-state index contributed by atoms with van der Waals surface area (Å²) in [6, 6.07) is 9.70. The Hall–Kier alpha value is -3.48. The lowest BCUT2D eigenvalue weighted by Gasteiger charge is -2.27. The van der Waals surface area contributed by atoms with Crippen LogP contribution in [0.25, 0.3) is 6.08 Å². The van der Waals surface area contributed by atoms with Gasteiger partial charge in [0.05, 0.1) is 6.04 Å². The van der Waals surface area contributed by atoms with Crippen molar-refractivity contribution in [3.8, 4) is 17.2 Å². The third kappa shape index (κ3) is 4.76. The molecule has 0 aliphatic rings. The van der Waals surface area contributed by atoms with E-state index in [9.17, 15) is 24.9 Å². The number of hydrogen-bond acceptors (Lipinski definition) is 5. The number of aromatic hydroxyl groups is 3. The van der Waals surface area contributed by atoms with E-state index in [-0.39, 0.29) is 17.2 Å². The highest BCUT2D eigenvalue weighted by Gasteiger charge is 2.22. The van der Waals surface area contributed by atoms with Crippen molar-refractivity contribution in [2.45, 2.75) is 13.0 Å². The van der Waals surface area contributed by atoms with Crippen molar-refractivity contribution in [2.75, 3.05) is 6.54 Å². The lowest BCUT2D eigenvalue weighted by molar-refractivity contribution is -0.144. The first-order valence-electron chi connectivity index (χ1n) is 7.79. The number of carboxylic acids is 1. The number of rotatable bonds is 6. The largest absolute Gasteiger partial charge is 0.508 e. The summed E-state index contributed by atoms with van der Waals surface area (Å²) in [4.78, 5) is 24.8. The van der Waals surface area contributed by atoms with Crippen LogP contribution < -0.4 is 0 Å². The molecule has 26 heavy (non-hydrogen) atoms. The average Bonchev–Trinajstić information content (AvgIpc) is 2.60. The van der Waals surface area contributed by atoms with E-state index in [0.717, 1.165) is 0 Å². The summed E-state index contributed by atoms with van der Waals surface area (Å²) >= 11 is 0. The van der Waals surface area contributed by atoms with Gasteiger partial charge < -0.3 is 25.3 Å². The molecule has 0 heterocycles. The maximum absolute atomic E-state index is 12.5. The molecule has 4 N–H and O–H groups in total. The molecular formula is C19H19NO6. The number of benzene rings is 2. The number of carbonyl (C=O) groups excluding carboxylic acids is 1. The molecule has 0 saturated carbocycles. The van der Waals surface area contributed by atoms with E-state index < -0.39 is 24.5 Å². The van der Waals surface area contributed by atoms with Gasteiger partial charge in [0.1, 0.15) is 12.3 Å². The zero-order valence-corrected chi connectivity index (χ0v) is 14.0. The van der Waals surface area contributed by atoms with Gasteiger partial charge in [-0.15, -0.1) is 0 Å². The van der Waals surface area contributed by atoms with Crippen molar-refractivity contribution >= 4 is 18.0 Å². The molecule has 0 spiro atoms. The van der Waals surface area contributed by atoms with Crippen molar-refractivity contribution in [1.29, 1.82) is 0 Å². The fraction of sp³-hybridized carbons (Fsp3) is 0.158. The smallest absolute Gasteiger partial charge is 0.323 e. The molecule has 0 radical (unpaired) electrons. The summed E-state index contributed by atoms with van der Waals surface area (Å²) in [5.41, 5.74) is 1.15. The van der Waals surface area contributed by atoms with Crippen molar-refractivity contribution < 1.29 is 30.0 Å². The molecule has 0 bridgehead atoms. The summed E-state index contributed by atoms with van der Waals surface area (Å²) in [5.74, 6) is -2.20. The minimum atomic E-state index is -1.15. The molecule has 0 aromatic heterocycles. The first-order valence-corrected chi connectivity index (χ1v) is 7.79. The molecule has 1 unspecified atom stereocenters. The van der Waals surface area contributed by atoms with Gasteiger partial charge in [0.2, 0.25) is 5.91 Å². The molecule has 136 valence electrons. The van der Waals surface area contributed by atoms with Gasteiger partial charge in [-0.3, -0.25) is 9.59 Å². The number of nitrogens with zero attached hydrogens (tertiary/aromatic N) is 1. The maximum atomic E-state index is 12.5. The van der Waals surface area contributed by atoms with Gasteiger partial charge in [-0.25, -0.2) is 0 Å². The van der Waals surface area contributed by atoms with Crippen LogP contribution in [0.3, 0.4) is 0 Å². The third-order valence-electron chi connectivity index (χ3n) is 3.85. The van der Waals surface area contributed by atoms with Gasteiger partial charge >= 0.3 is 5.97 Å². The first kappa shape index (κ1) is 18.9. The molecule has 0 aliphatic carbocycles. The van der Waals surface area contributed by atoms with Gasteiger partial charge in [-0.05, 0) is 48.4 Å². The van der Waals surface area contributed by atoms with Crippen LogP contribution >= 0.6 is 0 Å². The summed E-state index contributed by atoms with van der Waals surface area (Å²) in [5, 5.41) is 37.2. The molecular weight excluding hydrogens is 338 g/mol. The molecule has 7 heteroatoms. The van der Waals surface area contributed by atoms with E-state index in [4.69, 9.17) is 5.11 Å². The van der Waals surface area contributed by atoms with Crippen LogP contribution in [0.5, 0.6) is 17.2 Å². The Bertz CT molecular complexity index is 828. The molecule has 0 aliphatic heterocycles. The molecule has 1 amide bonds. The van der Waals surface area contributed by atoms with Crippen LogP contribution in [-0.4, -0.2) is 43.7 Å². The molecule has 1 atom stereocenters. The Morgan fingerprint density at radius 2 is 1.69 bits per heavy atom. The zero-order valence-electron chi connectivity index (χ0n) is 14.0. The van der Waals surface area contributed by atoms with E-state index in [2.05, 4.69) is 0 Å². The summed E-state index contributed by atoms with van der Waals surface area (Å²) in [6.45, 7) is 1.19. The summed E-state index contributed by atoms with van der Waals surface area (Å²) in [6.07, 6.45) is 2.62. The second-order valence-corrected chi connectivity index (χ2v) is 5.71. The fourth-order valence-corrected chi connectivity index (χ4v) is 2.39. The molecule has 2 aromatic carbocycles. The highest BCUT2D eigenvalue weighted by Crippen LogP contribution is 2.26. The standard InChI is InChI=1S/C19H19NO6/c1-12(14-4-6-15(21)7-5-14)20(11-19(25)26)18(24)9-3-13-2-8-16(22)17(23)10-13/h2-10,12,21-23H,11H2,1H3,(H,25,26). The van der Waals surface area contributed by atoms with Crippen LogP contribution in [0.15, 0.2) is 48.5 Å². The maximum Gasteiger partial charge on any atom is 0.323 e. The minimum absolute atomic E-state index is 0.0732. The minimum Gasteiger partial charge on any atom is -0.508 e.